The van der Waals surface area contributed by atoms with Crippen molar-refractivity contribution in [3.05, 3.63) is 88.4 Å². The van der Waals surface area contributed by atoms with Crippen molar-refractivity contribution >= 4 is 17.4 Å². The molecule has 2 unspecified atom stereocenters. The number of methoxy groups -OCH3 is 1. The second kappa shape index (κ2) is 9.57. The van der Waals surface area contributed by atoms with Crippen LogP contribution >= 0.6 is 11.6 Å². The smallest absolute Gasteiger partial charge is 0.211 e. The van der Waals surface area contributed by atoms with E-state index in [0.29, 0.717) is 10.9 Å². The van der Waals surface area contributed by atoms with E-state index in [1.807, 2.05) is 25.2 Å². The number of rotatable bonds is 5. The summed E-state index contributed by atoms with van der Waals surface area (Å²) in [5, 5.41) is 7.47. The van der Waals surface area contributed by atoms with Crippen molar-refractivity contribution in [1.82, 2.24) is 25.1 Å². The summed E-state index contributed by atoms with van der Waals surface area (Å²) in [7, 11) is 3.62. The Labute approximate surface area is 214 Å². The lowest BCUT2D eigenvalue weighted by molar-refractivity contribution is 0.342. The number of aliphatic imine (C=N–C) groups is 1. The zero-order valence-corrected chi connectivity index (χ0v) is 21.2. The summed E-state index contributed by atoms with van der Waals surface area (Å²) in [6, 6.07) is 12.1. The quantitative estimate of drug-likeness (QED) is 0.486. The Morgan fingerprint density at radius 1 is 1.28 bits per heavy atom. The molecule has 0 amide bonds. The molecule has 3 heterocycles. The van der Waals surface area contributed by atoms with Crippen LogP contribution in [0.4, 0.5) is 4.39 Å². The van der Waals surface area contributed by atoms with Crippen LogP contribution in [0.1, 0.15) is 30.5 Å². The number of aromatic nitrogens is 2. The molecule has 0 bridgehead atoms. The third-order valence-corrected chi connectivity index (χ3v) is 6.90. The van der Waals surface area contributed by atoms with Crippen molar-refractivity contribution in [3.63, 3.8) is 0 Å². The van der Waals surface area contributed by atoms with Gasteiger partial charge in [-0.25, -0.2) is 14.4 Å². The standard InChI is InChI=1S/C26H29ClFN7O/c1-4-34(2)25-19-11-12-30-23(16-5-8-18(28)9-6-16)24(19)32-26(29,33-25)17-7-10-20(21(13-17)36-3)35-14-22(27)31-15-35/h5-10,13-15,23,30,32H,4,11-12,29H2,1-3H3. The van der Waals surface area contributed by atoms with Gasteiger partial charge in [-0.15, -0.1) is 0 Å². The van der Waals surface area contributed by atoms with Gasteiger partial charge in [0.2, 0.25) is 5.79 Å². The van der Waals surface area contributed by atoms with Gasteiger partial charge >= 0.3 is 0 Å². The minimum atomic E-state index is -1.26. The molecule has 0 spiro atoms. The molecule has 2 aliphatic heterocycles. The van der Waals surface area contributed by atoms with Gasteiger partial charge in [0.05, 0.1) is 18.8 Å². The van der Waals surface area contributed by atoms with Crippen molar-refractivity contribution in [2.24, 2.45) is 10.7 Å². The number of halogens is 2. The summed E-state index contributed by atoms with van der Waals surface area (Å²) in [6.45, 7) is 3.62. The molecular formula is C26H29ClFN7O. The minimum absolute atomic E-state index is 0.178. The average molecular weight is 510 g/mol. The molecule has 10 heteroatoms. The number of ether oxygens (including phenoxy) is 1. The summed E-state index contributed by atoms with van der Waals surface area (Å²) in [6.07, 6.45) is 4.13. The zero-order valence-electron chi connectivity index (χ0n) is 20.4. The van der Waals surface area contributed by atoms with Gasteiger partial charge in [-0.05, 0) is 43.2 Å². The molecule has 0 saturated carbocycles. The van der Waals surface area contributed by atoms with Crippen molar-refractivity contribution in [2.75, 3.05) is 27.2 Å². The first-order chi connectivity index (χ1) is 17.3. The summed E-state index contributed by atoms with van der Waals surface area (Å²) in [4.78, 5) is 11.2. The molecule has 2 aliphatic rings. The SMILES string of the molecule is CCN(C)C1=NC(N)(c2ccc(-n3cnc(Cl)c3)c(OC)c2)NC2=C1CCNC2c1ccc(F)cc1. The van der Waals surface area contributed by atoms with E-state index in [9.17, 15) is 4.39 Å². The normalized spacial score (nSPS) is 21.5. The fourth-order valence-electron chi connectivity index (χ4n) is 4.70. The van der Waals surface area contributed by atoms with Gasteiger partial charge in [0, 0.05) is 43.2 Å². The Kier molecular flexibility index (Phi) is 6.46. The molecule has 8 nitrogen and oxygen atoms in total. The monoisotopic (exact) mass is 509 g/mol. The fourth-order valence-corrected chi connectivity index (χ4v) is 4.85. The van der Waals surface area contributed by atoms with E-state index in [1.165, 1.54) is 12.1 Å². The number of nitrogens with one attached hydrogen (secondary N) is 2. The molecule has 3 aromatic rings. The van der Waals surface area contributed by atoms with Crippen LogP contribution in [-0.4, -0.2) is 47.5 Å². The lowest BCUT2D eigenvalue weighted by atomic mass is 9.90. The summed E-state index contributed by atoms with van der Waals surface area (Å²) < 4.78 is 21.1. The molecule has 0 aliphatic carbocycles. The van der Waals surface area contributed by atoms with Gasteiger partial charge in [-0.3, -0.25) is 5.73 Å². The lowest BCUT2D eigenvalue weighted by Gasteiger charge is -2.43. The maximum absolute atomic E-state index is 13.7. The van der Waals surface area contributed by atoms with Gasteiger partial charge < -0.3 is 24.8 Å². The first kappa shape index (κ1) is 24.3. The van der Waals surface area contributed by atoms with Crippen LogP contribution in [0, 0.1) is 5.82 Å². The highest BCUT2D eigenvalue weighted by Crippen LogP contribution is 2.37. The Bertz CT molecular complexity index is 1340. The molecule has 4 N–H and O–H groups in total. The Morgan fingerprint density at radius 2 is 2.06 bits per heavy atom. The fraction of sp³-hybridized carbons (Fsp3) is 0.308. The molecule has 0 radical (unpaired) electrons. The third-order valence-electron chi connectivity index (χ3n) is 6.70. The van der Waals surface area contributed by atoms with Gasteiger partial charge in [0.25, 0.3) is 0 Å². The molecule has 5 rings (SSSR count). The van der Waals surface area contributed by atoms with E-state index in [4.69, 9.17) is 27.1 Å². The van der Waals surface area contributed by atoms with Crippen molar-refractivity contribution in [2.45, 2.75) is 25.2 Å². The van der Waals surface area contributed by atoms with Crippen molar-refractivity contribution < 1.29 is 9.13 Å². The number of hydrogen-bond acceptors (Lipinski definition) is 7. The molecule has 2 atom stereocenters. The number of benzene rings is 2. The highest BCUT2D eigenvalue weighted by Gasteiger charge is 2.40. The summed E-state index contributed by atoms with van der Waals surface area (Å²) in [5.74, 6) is -0.0853. The van der Waals surface area contributed by atoms with Crippen LogP contribution in [0.2, 0.25) is 5.15 Å². The third kappa shape index (κ3) is 4.34. The van der Waals surface area contributed by atoms with E-state index in [1.54, 1.807) is 36.3 Å². The molecule has 2 aromatic carbocycles. The van der Waals surface area contributed by atoms with Crippen LogP contribution in [0.3, 0.4) is 0 Å². The number of nitrogens with zero attached hydrogens (tertiary/aromatic N) is 4. The number of likely N-dealkylation sites (N-methyl/N-ethyl adjacent to an activating group) is 1. The van der Waals surface area contributed by atoms with Crippen LogP contribution in [-0.2, 0) is 5.79 Å². The topological polar surface area (TPSA) is 92.7 Å². The van der Waals surface area contributed by atoms with E-state index in [0.717, 1.165) is 53.4 Å². The first-order valence-electron chi connectivity index (χ1n) is 11.8. The maximum atomic E-state index is 13.7. The molecule has 0 fully saturated rings. The Morgan fingerprint density at radius 3 is 2.72 bits per heavy atom. The summed E-state index contributed by atoms with van der Waals surface area (Å²) in [5.41, 5.74) is 11.5. The second-order valence-corrected chi connectivity index (χ2v) is 9.30. The highest BCUT2D eigenvalue weighted by molar-refractivity contribution is 6.29. The Hall–Kier alpha value is -3.40. The second-order valence-electron chi connectivity index (χ2n) is 8.91. The number of nitrogens with two attached hydrogens (primary N) is 1. The zero-order chi connectivity index (χ0) is 25.4. The lowest BCUT2D eigenvalue weighted by Crippen LogP contribution is -2.56. The van der Waals surface area contributed by atoms with Gasteiger partial charge in [-0.2, -0.15) is 0 Å². The largest absolute Gasteiger partial charge is 0.495 e. The van der Waals surface area contributed by atoms with Crippen LogP contribution in [0.5, 0.6) is 5.75 Å². The molecule has 0 saturated heterocycles. The first-order valence-corrected chi connectivity index (χ1v) is 12.2. The van der Waals surface area contributed by atoms with E-state index in [2.05, 4.69) is 27.4 Å². The van der Waals surface area contributed by atoms with Crippen LogP contribution in [0.25, 0.3) is 5.69 Å². The van der Waals surface area contributed by atoms with Gasteiger partial charge in [0.15, 0.2) is 0 Å². The van der Waals surface area contributed by atoms with Crippen LogP contribution < -0.4 is 21.1 Å². The minimum Gasteiger partial charge on any atom is -0.495 e. The van der Waals surface area contributed by atoms with Crippen LogP contribution in [0.15, 0.2) is 71.3 Å². The van der Waals surface area contributed by atoms with E-state index < -0.39 is 5.79 Å². The number of hydrogen-bond donors (Lipinski definition) is 3. The average Bonchev–Trinajstić information content (AvgIpc) is 3.33. The van der Waals surface area contributed by atoms with E-state index >= 15 is 0 Å². The number of imidazole rings is 1. The maximum Gasteiger partial charge on any atom is 0.211 e. The van der Waals surface area contributed by atoms with Crippen molar-refractivity contribution in [3.8, 4) is 11.4 Å². The predicted molar refractivity (Wildman–Crippen MR) is 139 cm³/mol. The van der Waals surface area contributed by atoms with Crippen molar-refractivity contribution in [1.29, 1.82) is 0 Å². The highest BCUT2D eigenvalue weighted by atomic mass is 35.5. The summed E-state index contributed by atoms with van der Waals surface area (Å²) >= 11 is 6.02. The molecular weight excluding hydrogens is 481 g/mol. The predicted octanol–water partition coefficient (Wildman–Crippen LogP) is 3.68. The van der Waals surface area contributed by atoms with Gasteiger partial charge in [-0.1, -0.05) is 29.8 Å². The molecule has 188 valence electrons. The molecule has 1 aromatic heterocycles. The Balaban J connectivity index is 1.60. The number of amidine groups is 1. The van der Waals surface area contributed by atoms with E-state index in [-0.39, 0.29) is 11.9 Å². The van der Waals surface area contributed by atoms with Gasteiger partial charge in [0.1, 0.15) is 28.9 Å². The molecule has 36 heavy (non-hydrogen) atoms.